The quantitative estimate of drug-likeness (QED) is 0.151. The lowest BCUT2D eigenvalue weighted by molar-refractivity contribution is -0.142. The molecule has 0 radical (unpaired) electrons. The molecule has 6 rings (SSSR count). The summed E-state index contributed by atoms with van der Waals surface area (Å²) in [4.78, 5) is 28.0. The van der Waals surface area contributed by atoms with Gasteiger partial charge in [-0.3, -0.25) is 9.59 Å². The Morgan fingerprint density at radius 1 is 1.00 bits per heavy atom. The minimum Gasteiger partial charge on any atom is -0.504 e. The van der Waals surface area contributed by atoms with Crippen molar-refractivity contribution < 1.29 is 29.6 Å². The number of carbonyl (C=O) groups excluding carboxylic acids is 2. The minimum absolute atomic E-state index is 0.0151. The van der Waals surface area contributed by atoms with Crippen LogP contribution in [0, 0.1) is 47.3 Å². The molecule has 278 valence electrons. The van der Waals surface area contributed by atoms with Crippen LogP contribution in [0.5, 0.6) is 11.5 Å². The lowest BCUT2D eigenvalue weighted by Crippen LogP contribution is -2.39. The molecule has 2 aromatic rings. The van der Waals surface area contributed by atoms with Crippen LogP contribution in [0.2, 0.25) is 0 Å². The zero-order valence-electron chi connectivity index (χ0n) is 30.6. The molecule has 2 saturated carbocycles. The van der Waals surface area contributed by atoms with Gasteiger partial charge in [0.2, 0.25) is 0 Å². The van der Waals surface area contributed by atoms with Gasteiger partial charge in [0.25, 0.3) is 0 Å². The Kier molecular flexibility index (Phi) is 12.8. The van der Waals surface area contributed by atoms with Crippen molar-refractivity contribution in [3.63, 3.8) is 0 Å². The Labute approximate surface area is 308 Å². The third-order valence-electron chi connectivity index (χ3n) is 12.3. The highest BCUT2D eigenvalue weighted by atomic mass is 16.5. The molecule has 0 saturated heterocycles. The number of carbonyl (C=O) groups is 2. The van der Waals surface area contributed by atoms with Gasteiger partial charge in [0.15, 0.2) is 29.2 Å². The molecule has 8 heteroatoms. The van der Waals surface area contributed by atoms with Gasteiger partial charge in [0, 0.05) is 31.4 Å². The van der Waals surface area contributed by atoms with Crippen LogP contribution in [0.15, 0.2) is 66.0 Å². The van der Waals surface area contributed by atoms with Gasteiger partial charge in [-0.05, 0) is 103 Å². The number of aliphatic hydroxyl groups is 2. The number of phenolic OH excluding ortho intramolecular Hbond substituents is 1. The molecule has 52 heavy (non-hydrogen) atoms. The van der Waals surface area contributed by atoms with Crippen molar-refractivity contribution in [1.29, 1.82) is 0 Å². The number of benzene rings is 2. The van der Waals surface area contributed by atoms with E-state index in [9.17, 15) is 24.9 Å². The number of aromatic hydroxyl groups is 1. The number of Topliss-reactive ketones (excluding diaryl/α,β-unsaturated/α-hetero) is 2. The van der Waals surface area contributed by atoms with E-state index in [2.05, 4.69) is 23.2 Å². The number of nitrogens with two attached hydrogens (primary N) is 1. The number of nitrogens with one attached hydrogen (secondary N) is 1. The summed E-state index contributed by atoms with van der Waals surface area (Å²) in [7, 11) is 1.48. The summed E-state index contributed by atoms with van der Waals surface area (Å²) >= 11 is 0. The molecule has 6 N–H and O–H groups in total. The number of rotatable bonds is 9. The van der Waals surface area contributed by atoms with E-state index >= 15 is 0 Å². The summed E-state index contributed by atoms with van der Waals surface area (Å²) in [6.07, 6.45) is 13.6. The van der Waals surface area contributed by atoms with Crippen molar-refractivity contribution in [2.75, 3.05) is 20.3 Å². The smallest absolute Gasteiger partial charge is 0.173 e. The molecule has 7 unspecified atom stereocenters. The number of ketones is 2. The van der Waals surface area contributed by atoms with Gasteiger partial charge >= 0.3 is 0 Å². The highest BCUT2D eigenvalue weighted by Crippen LogP contribution is 2.44. The lowest BCUT2D eigenvalue weighted by atomic mass is 9.74. The molecule has 2 aromatic carbocycles. The molecule has 7 atom stereocenters. The summed E-state index contributed by atoms with van der Waals surface area (Å²) in [5, 5.41) is 36.4. The minimum atomic E-state index is -1.75. The Balaban J connectivity index is 1.42. The summed E-state index contributed by atoms with van der Waals surface area (Å²) in [6, 6.07) is 13.3. The maximum absolute atomic E-state index is 14.4. The maximum Gasteiger partial charge on any atom is 0.173 e. The van der Waals surface area contributed by atoms with E-state index in [1.165, 1.54) is 39.2 Å². The molecule has 0 bridgehead atoms. The second-order valence-corrected chi connectivity index (χ2v) is 15.7. The Hall–Kier alpha value is -4.06. The third-order valence-corrected chi connectivity index (χ3v) is 12.3. The van der Waals surface area contributed by atoms with Gasteiger partial charge < -0.3 is 31.1 Å². The number of fused-ring (bicyclic) bond motifs is 2. The van der Waals surface area contributed by atoms with Crippen molar-refractivity contribution in [3.8, 4) is 23.3 Å². The Morgan fingerprint density at radius 2 is 1.79 bits per heavy atom. The standard InChI is InChI=1S/C44H56N2O6/c1-52-41-25-33-15-17-39(48)44(51)43(50)38-24-35(34(27-47)13-12-28-8-4-2-5-9-28)22-30(20-29-18-19-46-42(45)23-29)21-32(38)14-16-36(37(33)26-40(41)49)31-10-6-3-7-11-31/h3,6-7,10-11,18,23,25-26,28,30,32,34-36,38,44,46-47,49,51H,2,4-5,8-9,12-13,15,17,19-22,24,27,45H2,1H3. The van der Waals surface area contributed by atoms with E-state index in [1.54, 1.807) is 12.1 Å². The molecule has 0 amide bonds. The zero-order valence-corrected chi connectivity index (χ0v) is 30.6. The number of phenols is 1. The molecule has 1 heterocycles. The monoisotopic (exact) mass is 708 g/mol. The third kappa shape index (κ3) is 9.11. The highest BCUT2D eigenvalue weighted by molar-refractivity contribution is 6.06. The van der Waals surface area contributed by atoms with Crippen LogP contribution < -0.4 is 15.8 Å². The molecule has 1 aliphatic heterocycles. The number of aliphatic hydroxyl groups excluding tert-OH is 2. The number of hydrogen-bond donors (Lipinski definition) is 5. The van der Waals surface area contributed by atoms with Crippen LogP contribution in [-0.4, -0.2) is 53.3 Å². The fourth-order valence-electron chi connectivity index (χ4n) is 9.35. The number of allylic oxidation sites excluding steroid dienone is 2. The normalized spacial score (nSPS) is 27.8. The molecule has 8 nitrogen and oxygen atoms in total. The van der Waals surface area contributed by atoms with E-state index in [0.29, 0.717) is 31.1 Å². The van der Waals surface area contributed by atoms with Crippen molar-refractivity contribution in [3.05, 3.63) is 82.7 Å². The number of dihydropyridines is 1. The molecule has 2 fully saturated rings. The van der Waals surface area contributed by atoms with Crippen LogP contribution in [0.1, 0.15) is 99.7 Å². The first-order valence-corrected chi connectivity index (χ1v) is 19.4. The van der Waals surface area contributed by atoms with Gasteiger partial charge in [-0.2, -0.15) is 0 Å². The number of hydrogen-bond acceptors (Lipinski definition) is 8. The summed E-state index contributed by atoms with van der Waals surface area (Å²) in [6.45, 7) is 0.699. The van der Waals surface area contributed by atoms with Gasteiger partial charge in [0.1, 0.15) is 0 Å². The largest absolute Gasteiger partial charge is 0.504 e. The van der Waals surface area contributed by atoms with Crippen LogP contribution in [0.4, 0.5) is 0 Å². The van der Waals surface area contributed by atoms with E-state index in [0.717, 1.165) is 47.9 Å². The highest BCUT2D eigenvalue weighted by Gasteiger charge is 2.42. The second kappa shape index (κ2) is 17.6. The van der Waals surface area contributed by atoms with Crippen molar-refractivity contribution >= 4 is 11.6 Å². The molecular formula is C44H56N2O6. The number of ether oxygens (including phenoxy) is 1. The van der Waals surface area contributed by atoms with E-state index in [1.807, 2.05) is 36.4 Å². The zero-order chi connectivity index (χ0) is 36.6. The molecule has 0 spiro atoms. The van der Waals surface area contributed by atoms with E-state index in [-0.39, 0.29) is 48.7 Å². The fraction of sp³-hybridized carbons (Fsp3) is 0.545. The fourth-order valence-corrected chi connectivity index (χ4v) is 9.35. The van der Waals surface area contributed by atoms with Gasteiger partial charge in [-0.15, -0.1) is 0 Å². The Morgan fingerprint density at radius 3 is 2.52 bits per heavy atom. The lowest BCUT2D eigenvalue weighted by Gasteiger charge is -2.31. The van der Waals surface area contributed by atoms with Crippen molar-refractivity contribution in [1.82, 2.24) is 5.32 Å². The van der Waals surface area contributed by atoms with Crippen molar-refractivity contribution in [2.45, 2.75) is 95.5 Å². The summed E-state index contributed by atoms with van der Waals surface area (Å²) in [5.74, 6) is 6.46. The first-order valence-electron chi connectivity index (χ1n) is 19.4. The number of methoxy groups -OCH3 is 1. The average molecular weight is 709 g/mol. The van der Waals surface area contributed by atoms with Crippen LogP contribution in [0.25, 0.3) is 0 Å². The van der Waals surface area contributed by atoms with Crippen LogP contribution in [-0.2, 0) is 16.0 Å². The Bertz CT molecular complexity index is 1680. The van der Waals surface area contributed by atoms with E-state index in [4.69, 9.17) is 10.5 Å². The SMILES string of the molecule is COc1cc2c(cc1O)C(c1ccccc1)C#CC1CC(CC3=CCNC(N)=C3)CC(C(CO)CCC3CCCCC3)CC1C(=O)C(O)C(=O)CC2. The summed E-state index contributed by atoms with van der Waals surface area (Å²) in [5.41, 5.74) is 9.81. The first kappa shape index (κ1) is 37.7. The molecule has 4 aliphatic rings. The topological polar surface area (TPSA) is 142 Å². The molecular weight excluding hydrogens is 652 g/mol. The summed E-state index contributed by atoms with van der Waals surface area (Å²) < 4.78 is 5.43. The second-order valence-electron chi connectivity index (χ2n) is 15.7. The van der Waals surface area contributed by atoms with Gasteiger partial charge in [0.05, 0.1) is 18.8 Å². The number of aryl methyl sites for hydroxylation is 1. The predicted molar refractivity (Wildman–Crippen MR) is 202 cm³/mol. The van der Waals surface area contributed by atoms with E-state index < -0.39 is 35.4 Å². The predicted octanol–water partition coefficient (Wildman–Crippen LogP) is 6.32. The first-order chi connectivity index (χ1) is 25.2. The van der Waals surface area contributed by atoms with Crippen LogP contribution >= 0.6 is 0 Å². The van der Waals surface area contributed by atoms with Gasteiger partial charge in [-0.25, -0.2) is 0 Å². The average Bonchev–Trinajstić information content (AvgIpc) is 3.33. The molecule has 0 aromatic heterocycles. The van der Waals surface area contributed by atoms with Crippen LogP contribution in [0.3, 0.4) is 0 Å². The maximum atomic E-state index is 14.4. The molecule has 3 aliphatic carbocycles. The van der Waals surface area contributed by atoms with Gasteiger partial charge in [-0.1, -0.05) is 86.8 Å². The van der Waals surface area contributed by atoms with Crippen molar-refractivity contribution in [2.24, 2.45) is 41.2 Å².